The summed E-state index contributed by atoms with van der Waals surface area (Å²) in [4.78, 5) is 4.21. The van der Waals surface area contributed by atoms with Crippen molar-refractivity contribution in [1.29, 1.82) is 0 Å². The molecular weight excluding hydrogens is 379 g/mol. The van der Waals surface area contributed by atoms with E-state index in [0.29, 0.717) is 24.5 Å². The van der Waals surface area contributed by atoms with Gasteiger partial charge in [0.2, 0.25) is 0 Å². The van der Waals surface area contributed by atoms with Crippen LogP contribution in [0.25, 0.3) is 0 Å². The summed E-state index contributed by atoms with van der Waals surface area (Å²) in [5.74, 6) is 0.684. The third kappa shape index (κ3) is 6.24. The molecule has 0 amide bonds. The molecule has 1 aromatic carbocycles. The van der Waals surface area contributed by atoms with Crippen LogP contribution < -0.4 is 10.6 Å². The van der Waals surface area contributed by atoms with Crippen LogP contribution in [0.4, 0.5) is 13.2 Å². The molecule has 0 aliphatic rings. The van der Waals surface area contributed by atoms with Gasteiger partial charge in [0, 0.05) is 32.9 Å². The zero-order chi connectivity index (χ0) is 21.6. The van der Waals surface area contributed by atoms with Gasteiger partial charge in [0.05, 0.1) is 11.3 Å². The van der Waals surface area contributed by atoms with Gasteiger partial charge >= 0.3 is 6.18 Å². The Morgan fingerprint density at radius 3 is 2.48 bits per heavy atom. The third-order valence-corrected chi connectivity index (χ3v) is 5.20. The Morgan fingerprint density at radius 1 is 1.21 bits per heavy atom. The van der Waals surface area contributed by atoms with Gasteiger partial charge in [-0.15, -0.1) is 0 Å². The number of nitrogens with zero attached hydrogens (tertiary/aromatic N) is 3. The standard InChI is InChI=1S/C21H30F3N5/c1-14(17-7-6-8-18(13-17)21(22,23)24)9-11-26-20(25-4)27-12-10-19-15(2)28-29(5)16(19)3/h6-8,13-14H,9-12H2,1-5H3,(H2,25,26,27). The first kappa shape index (κ1) is 22.8. The summed E-state index contributed by atoms with van der Waals surface area (Å²) in [5.41, 5.74) is 3.50. The minimum absolute atomic E-state index is 0.00333. The Kier molecular flexibility index (Phi) is 7.70. The molecular formula is C21H30F3N5. The van der Waals surface area contributed by atoms with Crippen LogP contribution in [0.2, 0.25) is 0 Å². The molecule has 0 spiro atoms. The van der Waals surface area contributed by atoms with Crippen molar-refractivity contribution in [2.45, 2.75) is 45.7 Å². The first-order chi connectivity index (χ1) is 13.6. The monoisotopic (exact) mass is 409 g/mol. The van der Waals surface area contributed by atoms with E-state index in [1.807, 2.05) is 25.6 Å². The maximum absolute atomic E-state index is 12.9. The van der Waals surface area contributed by atoms with Crippen molar-refractivity contribution in [3.8, 4) is 0 Å². The second kappa shape index (κ2) is 9.80. The Morgan fingerprint density at radius 2 is 1.90 bits per heavy atom. The second-order valence-electron chi connectivity index (χ2n) is 7.26. The maximum atomic E-state index is 12.9. The lowest BCUT2D eigenvalue weighted by Gasteiger charge is -2.16. The van der Waals surface area contributed by atoms with Crippen molar-refractivity contribution in [3.63, 3.8) is 0 Å². The quantitative estimate of drug-likeness (QED) is 0.538. The molecule has 0 bridgehead atoms. The number of aliphatic imine (C=N–C) groups is 1. The lowest BCUT2D eigenvalue weighted by molar-refractivity contribution is -0.137. The highest BCUT2D eigenvalue weighted by Gasteiger charge is 2.30. The first-order valence-corrected chi connectivity index (χ1v) is 9.74. The molecule has 0 radical (unpaired) electrons. The molecule has 1 unspecified atom stereocenters. The fourth-order valence-electron chi connectivity index (χ4n) is 3.30. The SMILES string of the molecule is CN=C(NCCc1c(C)nn(C)c1C)NCCC(C)c1cccc(C(F)(F)F)c1. The van der Waals surface area contributed by atoms with Gasteiger partial charge in [-0.1, -0.05) is 25.1 Å². The number of rotatable bonds is 7. The molecule has 5 nitrogen and oxygen atoms in total. The zero-order valence-corrected chi connectivity index (χ0v) is 17.7. The van der Waals surface area contributed by atoms with E-state index in [2.05, 4.69) is 27.6 Å². The van der Waals surface area contributed by atoms with Crippen LogP contribution in [0, 0.1) is 13.8 Å². The van der Waals surface area contributed by atoms with E-state index in [0.717, 1.165) is 30.4 Å². The summed E-state index contributed by atoms with van der Waals surface area (Å²) in [6.07, 6.45) is -2.78. The molecule has 0 saturated carbocycles. The maximum Gasteiger partial charge on any atom is 0.416 e. The van der Waals surface area contributed by atoms with Gasteiger partial charge in [-0.2, -0.15) is 18.3 Å². The van der Waals surface area contributed by atoms with Gasteiger partial charge in [0.1, 0.15) is 0 Å². The number of aryl methyl sites for hydroxylation is 2. The fourth-order valence-corrected chi connectivity index (χ4v) is 3.30. The molecule has 29 heavy (non-hydrogen) atoms. The Bertz CT molecular complexity index is 839. The molecule has 1 aromatic heterocycles. The smallest absolute Gasteiger partial charge is 0.356 e. The van der Waals surface area contributed by atoms with Crippen molar-refractivity contribution in [3.05, 3.63) is 52.3 Å². The van der Waals surface area contributed by atoms with E-state index in [-0.39, 0.29) is 5.92 Å². The minimum Gasteiger partial charge on any atom is -0.356 e. The summed E-state index contributed by atoms with van der Waals surface area (Å²) < 4.78 is 40.5. The highest BCUT2D eigenvalue weighted by molar-refractivity contribution is 5.79. The number of hydrogen-bond acceptors (Lipinski definition) is 2. The number of nitrogens with one attached hydrogen (secondary N) is 2. The van der Waals surface area contributed by atoms with Gasteiger partial charge in [0.25, 0.3) is 0 Å². The number of benzene rings is 1. The molecule has 2 N–H and O–H groups in total. The van der Waals surface area contributed by atoms with Crippen molar-refractivity contribution < 1.29 is 13.2 Å². The van der Waals surface area contributed by atoms with Crippen molar-refractivity contribution >= 4 is 5.96 Å². The Hall–Kier alpha value is -2.51. The predicted molar refractivity (Wildman–Crippen MR) is 110 cm³/mol. The van der Waals surface area contributed by atoms with Crippen LogP contribution in [0.3, 0.4) is 0 Å². The molecule has 2 aromatic rings. The molecule has 0 aliphatic heterocycles. The van der Waals surface area contributed by atoms with Crippen molar-refractivity contribution in [2.75, 3.05) is 20.1 Å². The minimum atomic E-state index is -4.31. The van der Waals surface area contributed by atoms with Crippen LogP contribution in [-0.4, -0.2) is 35.9 Å². The van der Waals surface area contributed by atoms with Crippen LogP contribution in [-0.2, 0) is 19.6 Å². The summed E-state index contributed by atoms with van der Waals surface area (Å²) in [7, 11) is 3.64. The van der Waals surface area contributed by atoms with Gasteiger partial charge < -0.3 is 10.6 Å². The van der Waals surface area contributed by atoms with Crippen LogP contribution in [0.5, 0.6) is 0 Å². The number of halogens is 3. The largest absolute Gasteiger partial charge is 0.416 e. The average Bonchev–Trinajstić information content (AvgIpc) is 2.91. The van der Waals surface area contributed by atoms with Crippen LogP contribution >= 0.6 is 0 Å². The highest BCUT2D eigenvalue weighted by Crippen LogP contribution is 2.31. The number of alkyl halides is 3. The second-order valence-corrected chi connectivity index (χ2v) is 7.26. The Labute approximate surface area is 170 Å². The lowest BCUT2D eigenvalue weighted by atomic mass is 9.96. The molecule has 0 aliphatic carbocycles. The predicted octanol–water partition coefficient (Wildman–Crippen LogP) is 3.96. The number of aromatic nitrogens is 2. The summed E-state index contributed by atoms with van der Waals surface area (Å²) >= 11 is 0. The number of guanidine groups is 1. The van der Waals surface area contributed by atoms with Gasteiger partial charge in [-0.05, 0) is 49.8 Å². The van der Waals surface area contributed by atoms with Crippen LogP contribution in [0.15, 0.2) is 29.3 Å². The number of hydrogen-bond donors (Lipinski definition) is 2. The molecule has 2 rings (SSSR count). The Balaban J connectivity index is 1.81. The highest BCUT2D eigenvalue weighted by atomic mass is 19.4. The van der Waals surface area contributed by atoms with Gasteiger partial charge in [-0.3, -0.25) is 9.67 Å². The van der Waals surface area contributed by atoms with E-state index in [9.17, 15) is 13.2 Å². The summed E-state index contributed by atoms with van der Waals surface area (Å²) in [6, 6.07) is 5.54. The topological polar surface area (TPSA) is 54.2 Å². The molecule has 1 atom stereocenters. The first-order valence-electron chi connectivity index (χ1n) is 9.74. The fraction of sp³-hybridized carbons (Fsp3) is 0.524. The van der Waals surface area contributed by atoms with E-state index < -0.39 is 11.7 Å². The average molecular weight is 410 g/mol. The summed E-state index contributed by atoms with van der Waals surface area (Å²) in [6.45, 7) is 7.32. The molecule has 160 valence electrons. The van der Waals surface area contributed by atoms with Crippen molar-refractivity contribution in [2.24, 2.45) is 12.0 Å². The molecule has 8 heteroatoms. The van der Waals surface area contributed by atoms with Crippen LogP contribution in [0.1, 0.15) is 47.3 Å². The lowest BCUT2D eigenvalue weighted by Crippen LogP contribution is -2.39. The van der Waals surface area contributed by atoms with E-state index in [4.69, 9.17) is 0 Å². The molecule has 1 heterocycles. The van der Waals surface area contributed by atoms with Gasteiger partial charge in [-0.25, -0.2) is 0 Å². The van der Waals surface area contributed by atoms with E-state index in [1.165, 1.54) is 17.7 Å². The van der Waals surface area contributed by atoms with Crippen molar-refractivity contribution in [1.82, 2.24) is 20.4 Å². The molecule has 0 fully saturated rings. The van der Waals surface area contributed by atoms with E-state index >= 15 is 0 Å². The van der Waals surface area contributed by atoms with E-state index in [1.54, 1.807) is 13.1 Å². The van der Waals surface area contributed by atoms with Gasteiger partial charge in [0.15, 0.2) is 5.96 Å². The summed E-state index contributed by atoms with van der Waals surface area (Å²) in [5, 5.41) is 10.9. The normalized spacial score (nSPS) is 13.4. The molecule has 0 saturated heterocycles. The zero-order valence-electron chi connectivity index (χ0n) is 17.7. The third-order valence-electron chi connectivity index (χ3n) is 5.20.